The van der Waals surface area contributed by atoms with Crippen molar-refractivity contribution in [2.24, 2.45) is 16.4 Å². The highest BCUT2D eigenvalue weighted by molar-refractivity contribution is 7.89. The van der Waals surface area contributed by atoms with Gasteiger partial charge in [-0.25, -0.2) is 18.6 Å². The third-order valence-corrected chi connectivity index (χ3v) is 5.40. The molecule has 2 rings (SSSR count). The lowest BCUT2D eigenvalue weighted by molar-refractivity contribution is -0.119. The second kappa shape index (κ2) is 7.44. The standard InChI is InChI=1S/C17H25N3O3S/c1-13-9-14(11-17(2,3)10-13)19-20-16(21)12-18-24(22,23)15-7-5-4-6-8-15/h4-8,13,18H,9-12H2,1-3H3,(H,20,21)/b19-14-/t13-/m0/s1. The van der Waals surface area contributed by atoms with Gasteiger partial charge in [-0.05, 0) is 42.7 Å². The first-order chi connectivity index (χ1) is 11.2. The van der Waals surface area contributed by atoms with Crippen molar-refractivity contribution in [2.45, 2.75) is 44.9 Å². The van der Waals surface area contributed by atoms with Crippen LogP contribution in [0.4, 0.5) is 0 Å². The fourth-order valence-electron chi connectivity index (χ4n) is 3.22. The minimum absolute atomic E-state index is 0.131. The number of amides is 1. The number of sulfonamides is 1. The number of carbonyl (C=O) groups excluding carboxylic acids is 1. The van der Waals surface area contributed by atoms with Gasteiger partial charge in [0.2, 0.25) is 10.0 Å². The van der Waals surface area contributed by atoms with Crippen LogP contribution in [0.2, 0.25) is 0 Å². The van der Waals surface area contributed by atoms with Gasteiger partial charge in [-0.1, -0.05) is 39.0 Å². The average Bonchev–Trinajstić information content (AvgIpc) is 2.50. The van der Waals surface area contributed by atoms with Crippen molar-refractivity contribution in [1.29, 1.82) is 0 Å². The first kappa shape index (κ1) is 18.6. The fraction of sp³-hybridized carbons (Fsp3) is 0.529. The molecule has 1 amide bonds. The van der Waals surface area contributed by atoms with Crippen LogP contribution < -0.4 is 10.1 Å². The minimum Gasteiger partial charge on any atom is -0.272 e. The Hall–Kier alpha value is -1.73. The number of rotatable bonds is 5. The van der Waals surface area contributed by atoms with Gasteiger partial charge in [-0.2, -0.15) is 5.10 Å². The first-order valence-electron chi connectivity index (χ1n) is 8.07. The number of hydrogen-bond acceptors (Lipinski definition) is 4. The average molecular weight is 351 g/mol. The van der Waals surface area contributed by atoms with E-state index in [4.69, 9.17) is 0 Å². The summed E-state index contributed by atoms with van der Waals surface area (Å²) < 4.78 is 26.4. The lowest BCUT2D eigenvalue weighted by atomic mass is 9.72. The van der Waals surface area contributed by atoms with Crippen molar-refractivity contribution in [2.75, 3.05) is 6.54 Å². The van der Waals surface area contributed by atoms with Crippen molar-refractivity contribution < 1.29 is 13.2 Å². The van der Waals surface area contributed by atoms with Gasteiger partial charge in [0.1, 0.15) is 0 Å². The van der Waals surface area contributed by atoms with Gasteiger partial charge in [0.05, 0.1) is 11.4 Å². The van der Waals surface area contributed by atoms with Crippen molar-refractivity contribution in [3.05, 3.63) is 30.3 Å². The molecule has 0 unspecified atom stereocenters. The summed E-state index contributed by atoms with van der Waals surface area (Å²) in [6, 6.07) is 7.95. The Morgan fingerprint density at radius 3 is 2.58 bits per heavy atom. The molecular formula is C17H25N3O3S. The molecule has 6 nitrogen and oxygen atoms in total. The third-order valence-electron chi connectivity index (χ3n) is 3.98. The van der Waals surface area contributed by atoms with Crippen molar-refractivity contribution in [3.63, 3.8) is 0 Å². The molecule has 0 aliphatic heterocycles. The van der Waals surface area contributed by atoms with Crippen LogP contribution >= 0.6 is 0 Å². The molecule has 0 bridgehead atoms. The summed E-state index contributed by atoms with van der Waals surface area (Å²) in [5.41, 5.74) is 3.59. The predicted octanol–water partition coefficient (Wildman–Crippen LogP) is 2.28. The molecular weight excluding hydrogens is 326 g/mol. The van der Waals surface area contributed by atoms with E-state index in [0.717, 1.165) is 25.0 Å². The molecule has 1 aromatic rings. The van der Waals surface area contributed by atoms with Crippen LogP contribution in [0.15, 0.2) is 40.3 Å². The molecule has 0 aromatic heterocycles. The number of nitrogens with zero attached hydrogens (tertiary/aromatic N) is 1. The molecule has 2 N–H and O–H groups in total. The maximum Gasteiger partial charge on any atom is 0.255 e. The van der Waals surface area contributed by atoms with Gasteiger partial charge < -0.3 is 0 Å². The van der Waals surface area contributed by atoms with E-state index >= 15 is 0 Å². The molecule has 24 heavy (non-hydrogen) atoms. The molecule has 0 heterocycles. The van der Waals surface area contributed by atoms with Gasteiger partial charge in [-0.3, -0.25) is 4.79 Å². The maximum absolute atomic E-state index is 12.0. The van der Waals surface area contributed by atoms with Crippen molar-refractivity contribution in [1.82, 2.24) is 10.1 Å². The van der Waals surface area contributed by atoms with Crippen molar-refractivity contribution in [3.8, 4) is 0 Å². The molecule has 0 radical (unpaired) electrons. The van der Waals surface area contributed by atoms with E-state index in [0.29, 0.717) is 5.92 Å². The Morgan fingerprint density at radius 1 is 1.29 bits per heavy atom. The van der Waals surface area contributed by atoms with Crippen LogP contribution in [0.3, 0.4) is 0 Å². The van der Waals surface area contributed by atoms with Crippen LogP contribution in [-0.4, -0.2) is 26.6 Å². The van der Waals surface area contributed by atoms with E-state index in [1.807, 2.05) is 0 Å². The smallest absolute Gasteiger partial charge is 0.255 e. The van der Waals surface area contributed by atoms with Gasteiger partial charge in [0.15, 0.2) is 0 Å². The lowest BCUT2D eigenvalue weighted by Gasteiger charge is -2.34. The highest BCUT2D eigenvalue weighted by Gasteiger charge is 2.29. The highest BCUT2D eigenvalue weighted by atomic mass is 32.2. The summed E-state index contributed by atoms with van der Waals surface area (Å²) in [5, 5.41) is 4.18. The molecule has 0 spiro atoms. The summed E-state index contributed by atoms with van der Waals surface area (Å²) >= 11 is 0. The Morgan fingerprint density at radius 2 is 1.96 bits per heavy atom. The Balaban J connectivity index is 1.89. The van der Waals surface area contributed by atoms with Crippen LogP contribution in [0.5, 0.6) is 0 Å². The maximum atomic E-state index is 12.0. The van der Waals surface area contributed by atoms with Crippen LogP contribution in [-0.2, 0) is 14.8 Å². The van der Waals surface area contributed by atoms with E-state index < -0.39 is 15.9 Å². The van der Waals surface area contributed by atoms with Gasteiger partial charge in [-0.15, -0.1) is 0 Å². The number of nitrogens with one attached hydrogen (secondary N) is 2. The van der Waals surface area contributed by atoms with E-state index in [-0.39, 0.29) is 16.9 Å². The quantitative estimate of drug-likeness (QED) is 0.798. The summed E-state index contributed by atoms with van der Waals surface area (Å²) in [7, 11) is -3.69. The molecule has 7 heteroatoms. The highest BCUT2D eigenvalue weighted by Crippen LogP contribution is 2.36. The zero-order valence-corrected chi connectivity index (χ0v) is 15.2. The normalized spacial score (nSPS) is 22.3. The molecule has 1 fully saturated rings. The molecule has 1 aliphatic carbocycles. The summed E-state index contributed by atoms with van der Waals surface area (Å²) in [5.74, 6) is 0.0547. The summed E-state index contributed by atoms with van der Waals surface area (Å²) in [6.07, 6.45) is 2.84. The minimum atomic E-state index is -3.69. The second-order valence-corrected chi connectivity index (χ2v) is 8.97. The molecule has 1 atom stereocenters. The molecule has 1 aromatic carbocycles. The second-order valence-electron chi connectivity index (χ2n) is 7.21. The zero-order chi connectivity index (χ0) is 17.8. The topological polar surface area (TPSA) is 87.6 Å². The molecule has 1 saturated carbocycles. The van der Waals surface area contributed by atoms with Crippen molar-refractivity contribution >= 4 is 21.6 Å². The molecule has 132 valence electrons. The molecule has 0 saturated heterocycles. The monoisotopic (exact) mass is 351 g/mol. The SMILES string of the molecule is C[C@H]1C/C(=N/NC(=O)CNS(=O)(=O)c2ccccc2)CC(C)(C)C1. The largest absolute Gasteiger partial charge is 0.272 e. The number of benzene rings is 1. The van der Waals surface area contributed by atoms with E-state index in [9.17, 15) is 13.2 Å². The Bertz CT molecular complexity index is 712. The first-order valence-corrected chi connectivity index (χ1v) is 9.55. The summed E-state index contributed by atoms with van der Waals surface area (Å²) in [4.78, 5) is 12.0. The lowest BCUT2D eigenvalue weighted by Crippen LogP contribution is -2.36. The third kappa shape index (κ3) is 5.42. The number of hydrogen-bond donors (Lipinski definition) is 2. The number of hydrazone groups is 1. The number of carbonyl (C=O) groups is 1. The van der Waals surface area contributed by atoms with Gasteiger partial charge >= 0.3 is 0 Å². The van der Waals surface area contributed by atoms with Gasteiger partial charge in [0, 0.05) is 5.71 Å². The Labute approximate surface area is 143 Å². The van der Waals surface area contributed by atoms with E-state index in [1.54, 1.807) is 18.2 Å². The Kier molecular flexibility index (Phi) is 5.77. The van der Waals surface area contributed by atoms with Crippen LogP contribution in [0.1, 0.15) is 40.0 Å². The fourth-order valence-corrected chi connectivity index (χ4v) is 4.23. The van der Waals surface area contributed by atoms with Crippen LogP contribution in [0.25, 0.3) is 0 Å². The van der Waals surface area contributed by atoms with E-state index in [1.165, 1.54) is 12.1 Å². The van der Waals surface area contributed by atoms with E-state index in [2.05, 4.69) is 36.0 Å². The molecule has 1 aliphatic rings. The predicted molar refractivity (Wildman–Crippen MR) is 94.0 cm³/mol. The van der Waals surface area contributed by atoms with Gasteiger partial charge in [0.25, 0.3) is 5.91 Å². The summed E-state index contributed by atoms with van der Waals surface area (Å²) in [6.45, 7) is 6.21. The zero-order valence-electron chi connectivity index (χ0n) is 14.4. The van der Waals surface area contributed by atoms with Crippen LogP contribution in [0, 0.1) is 11.3 Å².